The van der Waals surface area contributed by atoms with Gasteiger partial charge in [0.25, 0.3) is 5.91 Å². The van der Waals surface area contributed by atoms with Crippen molar-refractivity contribution in [2.75, 3.05) is 6.54 Å². The van der Waals surface area contributed by atoms with Crippen molar-refractivity contribution in [3.63, 3.8) is 0 Å². The van der Waals surface area contributed by atoms with Gasteiger partial charge in [0, 0.05) is 17.6 Å². The Labute approximate surface area is 164 Å². The number of ether oxygens (including phenoxy) is 1. The topological polar surface area (TPSA) is 102 Å². The van der Waals surface area contributed by atoms with Crippen molar-refractivity contribution in [1.82, 2.24) is 10.0 Å². The maximum atomic E-state index is 12.1. The van der Waals surface area contributed by atoms with Crippen LogP contribution in [0.15, 0.2) is 29.2 Å². The van der Waals surface area contributed by atoms with Crippen LogP contribution in [0.2, 0.25) is 5.02 Å². The third-order valence-corrected chi connectivity index (χ3v) is 6.10. The molecule has 9 heteroatoms. The zero-order valence-corrected chi connectivity index (χ0v) is 16.8. The first-order valence-corrected chi connectivity index (χ1v) is 10.9. The molecule has 0 aliphatic heterocycles. The first-order valence-electron chi connectivity index (χ1n) is 9.03. The van der Waals surface area contributed by atoms with Crippen molar-refractivity contribution in [1.29, 1.82) is 0 Å². The number of carbonyl (C=O) groups is 2. The van der Waals surface area contributed by atoms with E-state index in [0.29, 0.717) is 5.02 Å². The molecule has 1 saturated carbocycles. The molecule has 7 nitrogen and oxygen atoms in total. The fraction of sp³-hybridized carbons (Fsp3) is 0.556. The molecular formula is C18H25ClN2O5S. The Kier molecular flexibility index (Phi) is 8.07. The minimum atomic E-state index is -3.73. The summed E-state index contributed by atoms with van der Waals surface area (Å²) in [5.41, 5.74) is 0. The van der Waals surface area contributed by atoms with E-state index in [1.807, 2.05) is 0 Å². The average Bonchev–Trinajstić information content (AvgIpc) is 2.62. The van der Waals surface area contributed by atoms with Crippen LogP contribution in [0.3, 0.4) is 0 Å². The Hall–Kier alpha value is -1.64. The number of nitrogens with one attached hydrogen (secondary N) is 2. The fourth-order valence-corrected chi connectivity index (χ4v) is 4.02. The lowest BCUT2D eigenvalue weighted by Gasteiger charge is -2.24. The predicted molar refractivity (Wildman–Crippen MR) is 102 cm³/mol. The quantitative estimate of drug-likeness (QED) is 0.633. The fourth-order valence-electron chi connectivity index (χ4n) is 2.86. The molecule has 0 spiro atoms. The van der Waals surface area contributed by atoms with Gasteiger partial charge in [0.05, 0.1) is 11.3 Å². The van der Waals surface area contributed by atoms with Crippen molar-refractivity contribution >= 4 is 33.5 Å². The van der Waals surface area contributed by atoms with Crippen molar-refractivity contribution in [3.8, 4) is 0 Å². The molecule has 1 amide bonds. The smallest absolute Gasteiger partial charge is 0.307 e. The van der Waals surface area contributed by atoms with Crippen LogP contribution >= 0.6 is 11.6 Å². The highest BCUT2D eigenvalue weighted by atomic mass is 35.5. The van der Waals surface area contributed by atoms with Crippen molar-refractivity contribution in [2.45, 2.75) is 62.5 Å². The lowest BCUT2D eigenvalue weighted by Crippen LogP contribution is -2.43. The summed E-state index contributed by atoms with van der Waals surface area (Å²) in [4.78, 5) is 24.0. The Bertz CT molecular complexity index is 746. The monoisotopic (exact) mass is 416 g/mol. The zero-order valence-electron chi connectivity index (χ0n) is 15.2. The number of hydrogen-bond acceptors (Lipinski definition) is 5. The van der Waals surface area contributed by atoms with Gasteiger partial charge in [-0.15, -0.1) is 0 Å². The van der Waals surface area contributed by atoms with E-state index in [1.165, 1.54) is 37.6 Å². The minimum Gasteiger partial charge on any atom is -0.453 e. The van der Waals surface area contributed by atoms with Gasteiger partial charge in [0.15, 0.2) is 6.10 Å². The van der Waals surface area contributed by atoms with E-state index in [1.54, 1.807) is 0 Å². The van der Waals surface area contributed by atoms with Crippen molar-refractivity contribution in [2.24, 2.45) is 0 Å². The maximum absolute atomic E-state index is 12.1. The van der Waals surface area contributed by atoms with Gasteiger partial charge in [-0.2, -0.15) is 0 Å². The Morgan fingerprint density at radius 3 is 2.44 bits per heavy atom. The number of halogens is 1. The van der Waals surface area contributed by atoms with Gasteiger partial charge in [0.1, 0.15) is 0 Å². The van der Waals surface area contributed by atoms with Crippen molar-refractivity contribution in [3.05, 3.63) is 29.3 Å². The molecule has 0 aromatic heterocycles. The van der Waals surface area contributed by atoms with Gasteiger partial charge in [-0.05, 0) is 44.0 Å². The molecule has 0 saturated heterocycles. The summed E-state index contributed by atoms with van der Waals surface area (Å²) >= 11 is 5.73. The summed E-state index contributed by atoms with van der Waals surface area (Å²) in [7, 11) is -3.73. The number of amides is 1. The highest BCUT2D eigenvalue weighted by Gasteiger charge is 2.22. The van der Waals surface area contributed by atoms with Crippen LogP contribution < -0.4 is 10.0 Å². The van der Waals surface area contributed by atoms with E-state index >= 15 is 0 Å². The molecule has 2 N–H and O–H groups in total. The van der Waals surface area contributed by atoms with Gasteiger partial charge in [-0.3, -0.25) is 9.59 Å². The normalized spacial score (nSPS) is 16.5. The van der Waals surface area contributed by atoms with Gasteiger partial charge in [-0.25, -0.2) is 13.1 Å². The van der Waals surface area contributed by atoms with Crippen LogP contribution in [-0.4, -0.2) is 39.0 Å². The van der Waals surface area contributed by atoms with Crippen LogP contribution in [0.5, 0.6) is 0 Å². The maximum Gasteiger partial charge on any atom is 0.307 e. The van der Waals surface area contributed by atoms with Crippen molar-refractivity contribution < 1.29 is 22.7 Å². The first-order chi connectivity index (χ1) is 12.8. The number of rotatable bonds is 8. The van der Waals surface area contributed by atoms with Gasteiger partial charge in [0.2, 0.25) is 10.0 Å². The highest BCUT2D eigenvalue weighted by molar-refractivity contribution is 7.89. The second kappa shape index (κ2) is 10.1. The summed E-state index contributed by atoms with van der Waals surface area (Å²) in [5.74, 6) is -0.961. The number of benzene rings is 1. The molecule has 27 heavy (non-hydrogen) atoms. The molecule has 1 aromatic carbocycles. The average molecular weight is 417 g/mol. The molecule has 1 atom stereocenters. The lowest BCUT2D eigenvalue weighted by atomic mass is 9.95. The molecule has 150 valence electrons. The molecule has 0 heterocycles. The largest absolute Gasteiger partial charge is 0.453 e. The number of esters is 1. The summed E-state index contributed by atoms with van der Waals surface area (Å²) in [6, 6.07) is 5.83. The molecule has 2 rings (SSSR count). The molecule has 1 unspecified atom stereocenters. The van der Waals surface area contributed by atoms with Crippen LogP contribution in [-0.2, 0) is 24.3 Å². The van der Waals surface area contributed by atoms with Crippen LogP contribution in [0, 0.1) is 0 Å². The summed E-state index contributed by atoms with van der Waals surface area (Å²) < 4.78 is 31.6. The molecule has 1 aliphatic carbocycles. The Morgan fingerprint density at radius 2 is 1.81 bits per heavy atom. The summed E-state index contributed by atoms with van der Waals surface area (Å²) in [6.45, 7) is 1.38. The van der Waals surface area contributed by atoms with E-state index in [2.05, 4.69) is 10.0 Å². The zero-order chi connectivity index (χ0) is 19.9. The molecular weight excluding hydrogens is 392 g/mol. The van der Waals surface area contributed by atoms with E-state index in [4.69, 9.17) is 16.3 Å². The molecule has 0 radical (unpaired) electrons. The summed E-state index contributed by atoms with van der Waals surface area (Å²) in [5, 5.41) is 3.32. The predicted octanol–water partition coefficient (Wildman–Crippen LogP) is 2.39. The van der Waals surface area contributed by atoms with E-state index in [0.717, 1.165) is 25.7 Å². The Balaban J connectivity index is 1.73. The molecule has 0 bridgehead atoms. The molecule has 1 aromatic rings. The first kappa shape index (κ1) is 21.7. The standard InChI is InChI=1S/C18H25ClN2O5S/c1-13(18(23)21-15-5-3-2-4-6-15)26-17(22)11-12-20-27(24,25)16-9-7-14(19)8-10-16/h7-10,13,15,20H,2-6,11-12H2,1H3,(H,21,23). The SMILES string of the molecule is CC(OC(=O)CCNS(=O)(=O)c1ccc(Cl)cc1)C(=O)NC1CCCCC1. The molecule has 1 aliphatic rings. The highest BCUT2D eigenvalue weighted by Crippen LogP contribution is 2.17. The number of carbonyl (C=O) groups excluding carboxylic acids is 2. The Morgan fingerprint density at radius 1 is 1.19 bits per heavy atom. The van der Waals surface area contributed by atoms with Crippen LogP contribution in [0.4, 0.5) is 0 Å². The number of sulfonamides is 1. The third-order valence-electron chi connectivity index (χ3n) is 4.37. The summed E-state index contributed by atoms with van der Waals surface area (Å²) in [6.07, 6.45) is 4.17. The lowest BCUT2D eigenvalue weighted by molar-refractivity contribution is -0.155. The van der Waals surface area contributed by atoms with Crippen LogP contribution in [0.25, 0.3) is 0 Å². The van der Waals surface area contributed by atoms with E-state index in [-0.39, 0.29) is 29.8 Å². The van der Waals surface area contributed by atoms with Gasteiger partial charge < -0.3 is 10.1 Å². The van der Waals surface area contributed by atoms with Crippen LogP contribution in [0.1, 0.15) is 45.4 Å². The van der Waals surface area contributed by atoms with E-state index in [9.17, 15) is 18.0 Å². The second-order valence-electron chi connectivity index (χ2n) is 6.58. The second-order valence-corrected chi connectivity index (χ2v) is 8.78. The number of hydrogen-bond donors (Lipinski definition) is 2. The molecule has 1 fully saturated rings. The minimum absolute atomic E-state index is 0.0560. The van der Waals surface area contributed by atoms with E-state index < -0.39 is 22.1 Å². The van der Waals surface area contributed by atoms with Gasteiger partial charge >= 0.3 is 5.97 Å². The van der Waals surface area contributed by atoms with Gasteiger partial charge in [-0.1, -0.05) is 30.9 Å². The third kappa shape index (κ3) is 7.12.